The molecule has 11 heteroatoms. The molecule has 2 aromatic carbocycles. The van der Waals surface area contributed by atoms with Gasteiger partial charge in [-0.3, -0.25) is 9.36 Å². The quantitative estimate of drug-likeness (QED) is 0.523. The molecular weight excluding hydrogens is 438 g/mol. The van der Waals surface area contributed by atoms with Gasteiger partial charge in [0.25, 0.3) is 0 Å². The molecular formula is C21H25N3O7S. The molecule has 2 N–H and O–H groups in total. The van der Waals surface area contributed by atoms with Crippen molar-refractivity contribution in [2.75, 3.05) is 19.5 Å². The van der Waals surface area contributed by atoms with Crippen molar-refractivity contribution in [1.29, 1.82) is 0 Å². The normalized spacial score (nSPS) is 12.7. The van der Waals surface area contributed by atoms with E-state index in [1.165, 1.54) is 44.0 Å². The molecule has 0 aliphatic heterocycles. The lowest BCUT2D eigenvalue weighted by atomic mass is 10.0. The predicted molar refractivity (Wildman–Crippen MR) is 119 cm³/mol. The van der Waals surface area contributed by atoms with E-state index in [9.17, 15) is 18.0 Å². The number of ether oxygens (including phenoxy) is 2. The lowest BCUT2D eigenvalue weighted by Gasteiger charge is -2.22. The van der Waals surface area contributed by atoms with Crippen molar-refractivity contribution >= 4 is 32.7 Å². The topological polar surface area (TPSA) is 129 Å². The van der Waals surface area contributed by atoms with Crippen LogP contribution in [0, 0.1) is 5.92 Å². The Kier molecular flexibility index (Phi) is 6.60. The van der Waals surface area contributed by atoms with Gasteiger partial charge in [0.15, 0.2) is 5.58 Å². The standard InChI is InChI=1S/C21H25N3O7S/c1-12(2)19(20(25)22-13-8-14(29-4)10-15(9-13)30-5)23-32(27,28)16-6-7-17-18(11-16)31-21(26)24(17)3/h6-12,19,23H,1-5H3,(H,22,25). The number of oxazole rings is 1. The first-order valence-corrected chi connectivity index (χ1v) is 11.2. The summed E-state index contributed by atoms with van der Waals surface area (Å²) in [6.45, 7) is 3.44. The van der Waals surface area contributed by atoms with Crippen LogP contribution in [0.1, 0.15) is 13.8 Å². The van der Waals surface area contributed by atoms with Gasteiger partial charge >= 0.3 is 5.76 Å². The summed E-state index contributed by atoms with van der Waals surface area (Å²) in [5, 5.41) is 2.70. The third-order valence-electron chi connectivity index (χ3n) is 4.92. The first-order valence-electron chi connectivity index (χ1n) is 9.71. The Bertz CT molecular complexity index is 1290. The highest BCUT2D eigenvalue weighted by Gasteiger charge is 2.29. The summed E-state index contributed by atoms with van der Waals surface area (Å²) in [5.41, 5.74) is 0.983. The molecule has 1 amide bonds. The highest BCUT2D eigenvalue weighted by atomic mass is 32.2. The zero-order valence-electron chi connectivity index (χ0n) is 18.3. The van der Waals surface area contributed by atoms with Crippen molar-refractivity contribution in [2.24, 2.45) is 13.0 Å². The summed E-state index contributed by atoms with van der Waals surface area (Å²) in [5.74, 6) is -0.574. The molecule has 0 bridgehead atoms. The number of carbonyl (C=O) groups is 1. The molecule has 172 valence electrons. The molecule has 32 heavy (non-hydrogen) atoms. The summed E-state index contributed by atoms with van der Waals surface area (Å²) in [4.78, 5) is 24.5. The fourth-order valence-electron chi connectivity index (χ4n) is 3.11. The average Bonchev–Trinajstić information content (AvgIpc) is 3.04. The largest absolute Gasteiger partial charge is 0.497 e. The number of aryl methyl sites for hydroxylation is 1. The number of carbonyl (C=O) groups excluding carboxylic acids is 1. The predicted octanol–water partition coefficient (Wildman–Crippen LogP) is 2.09. The lowest BCUT2D eigenvalue weighted by Crippen LogP contribution is -2.47. The number of hydrogen-bond donors (Lipinski definition) is 2. The number of anilines is 1. The maximum absolute atomic E-state index is 13.0. The number of hydrogen-bond acceptors (Lipinski definition) is 7. The lowest BCUT2D eigenvalue weighted by molar-refractivity contribution is -0.118. The number of nitrogens with one attached hydrogen (secondary N) is 2. The van der Waals surface area contributed by atoms with Crippen molar-refractivity contribution in [2.45, 2.75) is 24.8 Å². The summed E-state index contributed by atoms with van der Waals surface area (Å²) in [7, 11) is 0.394. The van der Waals surface area contributed by atoms with E-state index in [4.69, 9.17) is 13.9 Å². The Hall–Kier alpha value is -3.31. The molecule has 0 aliphatic rings. The van der Waals surface area contributed by atoms with E-state index < -0.39 is 27.7 Å². The molecule has 0 saturated heterocycles. The minimum Gasteiger partial charge on any atom is -0.497 e. The van der Waals surface area contributed by atoms with Crippen molar-refractivity contribution in [3.63, 3.8) is 0 Å². The van der Waals surface area contributed by atoms with Crippen molar-refractivity contribution in [3.05, 3.63) is 46.9 Å². The molecule has 0 radical (unpaired) electrons. The van der Waals surface area contributed by atoms with Crippen LogP contribution in [0.15, 0.2) is 50.5 Å². The maximum atomic E-state index is 13.0. The van der Waals surface area contributed by atoms with Crippen LogP contribution in [-0.2, 0) is 21.9 Å². The van der Waals surface area contributed by atoms with Crippen molar-refractivity contribution in [1.82, 2.24) is 9.29 Å². The van der Waals surface area contributed by atoms with Gasteiger partial charge in [-0.1, -0.05) is 13.8 Å². The number of sulfonamides is 1. The van der Waals surface area contributed by atoms with Gasteiger partial charge in [0.1, 0.15) is 17.5 Å². The smallest absolute Gasteiger partial charge is 0.419 e. The number of nitrogens with zero attached hydrogens (tertiary/aromatic N) is 1. The zero-order valence-corrected chi connectivity index (χ0v) is 19.1. The first-order chi connectivity index (χ1) is 15.1. The van der Waals surface area contributed by atoms with Gasteiger partial charge in [0.05, 0.1) is 24.6 Å². The Balaban J connectivity index is 1.87. The van der Waals surface area contributed by atoms with Gasteiger partial charge in [-0.15, -0.1) is 0 Å². The molecule has 3 rings (SSSR count). The van der Waals surface area contributed by atoms with Crippen LogP contribution < -0.4 is 25.3 Å². The maximum Gasteiger partial charge on any atom is 0.419 e. The van der Waals surface area contributed by atoms with Crippen molar-refractivity contribution in [3.8, 4) is 11.5 Å². The van der Waals surface area contributed by atoms with Crippen LogP contribution in [0.4, 0.5) is 5.69 Å². The Morgan fingerprint density at radius 2 is 1.69 bits per heavy atom. The summed E-state index contributed by atoms with van der Waals surface area (Å²) in [6.07, 6.45) is 0. The van der Waals surface area contributed by atoms with Crippen LogP contribution >= 0.6 is 0 Å². The number of methoxy groups -OCH3 is 2. The highest BCUT2D eigenvalue weighted by Crippen LogP contribution is 2.26. The van der Waals surface area contributed by atoms with E-state index in [0.717, 1.165) is 0 Å². The molecule has 1 aromatic heterocycles. The first kappa shape index (κ1) is 23.4. The van der Waals surface area contributed by atoms with Gasteiger partial charge in [-0.05, 0) is 18.1 Å². The SMILES string of the molecule is COc1cc(NC(=O)C(NS(=O)(=O)c2ccc3c(c2)oc(=O)n3C)C(C)C)cc(OC)c1. The molecule has 1 atom stereocenters. The average molecular weight is 464 g/mol. The monoisotopic (exact) mass is 463 g/mol. The van der Waals surface area contributed by atoms with Crippen LogP contribution in [-0.4, -0.2) is 39.2 Å². The Labute approximate surface area is 185 Å². The summed E-state index contributed by atoms with van der Waals surface area (Å²) < 4.78 is 45.1. The second-order valence-corrected chi connectivity index (χ2v) is 9.20. The fourth-order valence-corrected chi connectivity index (χ4v) is 4.47. The second kappa shape index (κ2) is 9.05. The van der Waals surface area contributed by atoms with Gasteiger partial charge in [-0.2, -0.15) is 4.72 Å². The molecule has 0 spiro atoms. The highest BCUT2D eigenvalue weighted by molar-refractivity contribution is 7.89. The van der Waals surface area contributed by atoms with Crippen LogP contribution in [0.25, 0.3) is 11.1 Å². The zero-order chi connectivity index (χ0) is 23.6. The minimum atomic E-state index is -4.09. The number of aromatic nitrogens is 1. The second-order valence-electron chi connectivity index (χ2n) is 7.49. The molecule has 0 saturated carbocycles. The van der Waals surface area contributed by atoms with Gasteiger partial charge in [0.2, 0.25) is 15.9 Å². The van der Waals surface area contributed by atoms with Crippen LogP contribution in [0.5, 0.6) is 11.5 Å². The van der Waals surface area contributed by atoms with E-state index in [1.54, 1.807) is 32.0 Å². The molecule has 10 nitrogen and oxygen atoms in total. The minimum absolute atomic E-state index is 0.124. The summed E-state index contributed by atoms with van der Waals surface area (Å²) >= 11 is 0. The molecule has 1 unspecified atom stereocenters. The van der Waals surface area contributed by atoms with Gasteiger partial charge in [-0.25, -0.2) is 13.2 Å². The third-order valence-corrected chi connectivity index (χ3v) is 6.36. The van der Waals surface area contributed by atoms with E-state index in [-0.39, 0.29) is 16.4 Å². The number of benzene rings is 2. The van der Waals surface area contributed by atoms with E-state index in [0.29, 0.717) is 22.7 Å². The molecule has 0 fully saturated rings. The van der Waals surface area contributed by atoms with E-state index in [1.807, 2.05) is 0 Å². The van der Waals surface area contributed by atoms with Gasteiger partial charge < -0.3 is 19.2 Å². The number of fused-ring (bicyclic) bond motifs is 1. The fraction of sp³-hybridized carbons (Fsp3) is 0.333. The van der Waals surface area contributed by atoms with E-state index >= 15 is 0 Å². The number of amides is 1. The van der Waals surface area contributed by atoms with Crippen molar-refractivity contribution < 1.29 is 27.1 Å². The Morgan fingerprint density at radius 1 is 1.06 bits per heavy atom. The van der Waals surface area contributed by atoms with Crippen LogP contribution in [0.2, 0.25) is 0 Å². The molecule has 3 aromatic rings. The van der Waals surface area contributed by atoms with Gasteiger partial charge in [0, 0.05) is 37.0 Å². The molecule has 0 aliphatic carbocycles. The van der Waals surface area contributed by atoms with Crippen LogP contribution in [0.3, 0.4) is 0 Å². The summed E-state index contributed by atoms with van der Waals surface area (Å²) in [6, 6.07) is 7.84. The molecule has 1 heterocycles. The number of rotatable bonds is 8. The van der Waals surface area contributed by atoms with E-state index in [2.05, 4.69) is 10.0 Å². The Morgan fingerprint density at radius 3 is 2.25 bits per heavy atom. The third kappa shape index (κ3) is 4.78.